The largest absolute Gasteiger partial charge is 0.450 e. The molecule has 6 rings (SSSR count). The third kappa shape index (κ3) is 3.40. The Hall–Kier alpha value is -4.28. The molecule has 0 spiro atoms. The summed E-state index contributed by atoms with van der Waals surface area (Å²) in [6.07, 6.45) is 0. The number of benzene rings is 3. The highest BCUT2D eigenvalue weighted by Crippen LogP contribution is 2.41. The molecule has 1 amide bonds. The van der Waals surface area contributed by atoms with Gasteiger partial charge >= 0.3 is 0 Å². The van der Waals surface area contributed by atoms with Crippen molar-refractivity contribution in [2.24, 2.45) is 0 Å². The SMILES string of the molecule is Cc1cc(N2C(=O)c3oc4ccc5ccccc5c4c(=O)c3C2c2ccc(S(=O)(=O)N(C)C)cc2)no1. The van der Waals surface area contributed by atoms with Crippen LogP contribution in [0.25, 0.3) is 21.7 Å². The number of sulfonamides is 1. The van der Waals surface area contributed by atoms with Crippen molar-refractivity contribution in [3.05, 3.63) is 99.6 Å². The Morgan fingerprint density at radius 2 is 1.70 bits per heavy atom. The fourth-order valence-corrected chi connectivity index (χ4v) is 5.69. The molecule has 3 heterocycles. The molecule has 1 atom stereocenters. The number of hydrogen-bond donors (Lipinski definition) is 0. The number of nitrogens with zero attached hydrogens (tertiary/aromatic N) is 3. The van der Waals surface area contributed by atoms with Crippen LogP contribution in [-0.4, -0.2) is 37.9 Å². The molecule has 1 unspecified atom stereocenters. The van der Waals surface area contributed by atoms with E-state index in [4.69, 9.17) is 8.94 Å². The van der Waals surface area contributed by atoms with Gasteiger partial charge in [0.05, 0.1) is 21.9 Å². The maximum absolute atomic E-state index is 14.1. The van der Waals surface area contributed by atoms with Crippen molar-refractivity contribution < 1.29 is 22.2 Å². The fourth-order valence-electron chi connectivity index (χ4n) is 4.79. The Morgan fingerprint density at radius 1 is 0.973 bits per heavy atom. The average molecular weight is 516 g/mol. The van der Waals surface area contributed by atoms with E-state index in [0.29, 0.717) is 27.7 Å². The standard InChI is InChI=1S/C27H21N3O6S/c1-15-14-21(28-36-15)30-24(17-8-11-18(12-9-17)37(33,34)29(2)3)23-25(31)22-19-7-5-4-6-16(19)10-13-20(22)35-26(23)27(30)32/h4-14,24H,1-3H3. The molecule has 10 heteroatoms. The van der Waals surface area contributed by atoms with Crippen molar-refractivity contribution in [1.29, 1.82) is 0 Å². The predicted octanol–water partition coefficient (Wildman–Crippen LogP) is 4.24. The van der Waals surface area contributed by atoms with Crippen molar-refractivity contribution in [3.63, 3.8) is 0 Å². The minimum absolute atomic E-state index is 0.0802. The van der Waals surface area contributed by atoms with Gasteiger partial charge in [-0.3, -0.25) is 14.5 Å². The highest BCUT2D eigenvalue weighted by Gasteiger charge is 2.45. The van der Waals surface area contributed by atoms with Gasteiger partial charge in [0.25, 0.3) is 5.91 Å². The van der Waals surface area contributed by atoms with Gasteiger partial charge in [-0.05, 0) is 41.5 Å². The zero-order valence-electron chi connectivity index (χ0n) is 20.1. The van der Waals surface area contributed by atoms with E-state index in [1.807, 2.05) is 30.3 Å². The number of aromatic nitrogens is 1. The molecular weight excluding hydrogens is 494 g/mol. The summed E-state index contributed by atoms with van der Waals surface area (Å²) >= 11 is 0. The van der Waals surface area contributed by atoms with Crippen LogP contribution in [0.2, 0.25) is 0 Å². The van der Waals surface area contributed by atoms with Crippen molar-refractivity contribution >= 4 is 43.5 Å². The van der Waals surface area contributed by atoms with Crippen LogP contribution in [-0.2, 0) is 10.0 Å². The lowest BCUT2D eigenvalue weighted by atomic mass is 9.97. The summed E-state index contributed by atoms with van der Waals surface area (Å²) in [5.41, 5.74) is 0.661. The molecule has 0 saturated heterocycles. The van der Waals surface area contributed by atoms with Crippen LogP contribution in [0.1, 0.15) is 33.5 Å². The Kier molecular flexibility index (Phi) is 5.08. The first-order chi connectivity index (χ1) is 17.7. The van der Waals surface area contributed by atoms with Crippen LogP contribution in [0, 0.1) is 6.92 Å². The number of amides is 1. The van der Waals surface area contributed by atoms with Gasteiger partial charge in [-0.2, -0.15) is 0 Å². The van der Waals surface area contributed by atoms with E-state index in [1.54, 1.807) is 31.2 Å². The van der Waals surface area contributed by atoms with Crippen molar-refractivity contribution in [1.82, 2.24) is 9.46 Å². The number of carbonyl (C=O) groups excluding carboxylic acids is 1. The molecule has 0 saturated carbocycles. The normalized spacial score (nSPS) is 15.7. The highest BCUT2D eigenvalue weighted by molar-refractivity contribution is 7.89. The summed E-state index contributed by atoms with van der Waals surface area (Å²) in [6.45, 7) is 1.70. The Morgan fingerprint density at radius 3 is 2.38 bits per heavy atom. The third-order valence-corrected chi connectivity index (χ3v) is 8.43. The predicted molar refractivity (Wildman–Crippen MR) is 137 cm³/mol. The van der Waals surface area contributed by atoms with Gasteiger partial charge in [-0.25, -0.2) is 12.7 Å². The molecular formula is C27H21N3O6S. The van der Waals surface area contributed by atoms with Crippen LogP contribution in [0.3, 0.4) is 0 Å². The summed E-state index contributed by atoms with van der Waals surface area (Å²) < 4.78 is 37.6. The molecule has 1 aliphatic rings. The maximum Gasteiger partial charge on any atom is 0.296 e. The van der Waals surface area contributed by atoms with E-state index in [-0.39, 0.29) is 27.5 Å². The Bertz CT molecular complexity index is 1890. The van der Waals surface area contributed by atoms with E-state index in [2.05, 4.69) is 5.16 Å². The van der Waals surface area contributed by atoms with Gasteiger partial charge in [0.15, 0.2) is 11.2 Å². The molecule has 9 nitrogen and oxygen atoms in total. The molecule has 0 radical (unpaired) electrons. The van der Waals surface area contributed by atoms with Crippen LogP contribution in [0.4, 0.5) is 5.82 Å². The Labute approximate surface area is 211 Å². The second-order valence-corrected chi connectivity index (χ2v) is 11.2. The van der Waals surface area contributed by atoms with E-state index >= 15 is 0 Å². The fraction of sp³-hybridized carbons (Fsp3) is 0.148. The molecule has 37 heavy (non-hydrogen) atoms. The first kappa shape index (κ1) is 23.1. The summed E-state index contributed by atoms with van der Waals surface area (Å²) in [7, 11) is -0.769. The lowest BCUT2D eigenvalue weighted by Gasteiger charge is -2.22. The number of fused-ring (bicyclic) bond motifs is 4. The molecule has 0 bridgehead atoms. The first-order valence-corrected chi connectivity index (χ1v) is 12.9. The van der Waals surface area contributed by atoms with Gasteiger partial charge in [-0.1, -0.05) is 47.6 Å². The van der Waals surface area contributed by atoms with Gasteiger partial charge in [0.2, 0.25) is 15.8 Å². The zero-order chi connectivity index (χ0) is 26.1. The number of carbonyl (C=O) groups is 1. The van der Waals surface area contributed by atoms with Gasteiger partial charge < -0.3 is 8.94 Å². The number of anilines is 1. The van der Waals surface area contributed by atoms with Crippen LogP contribution < -0.4 is 10.3 Å². The van der Waals surface area contributed by atoms with E-state index in [1.165, 1.54) is 31.1 Å². The third-order valence-electron chi connectivity index (χ3n) is 6.60. The van der Waals surface area contributed by atoms with Gasteiger partial charge in [0, 0.05) is 20.2 Å². The molecule has 1 aliphatic heterocycles. The second-order valence-electron chi connectivity index (χ2n) is 9.06. The zero-order valence-corrected chi connectivity index (χ0v) is 20.9. The lowest BCUT2D eigenvalue weighted by molar-refractivity contribution is 0.0969. The first-order valence-electron chi connectivity index (χ1n) is 11.5. The van der Waals surface area contributed by atoms with Crippen LogP contribution in [0.5, 0.6) is 0 Å². The number of aryl methyl sites for hydroxylation is 1. The molecule has 2 aromatic heterocycles. The number of hydrogen-bond acceptors (Lipinski definition) is 7. The van der Waals surface area contributed by atoms with Crippen LogP contribution >= 0.6 is 0 Å². The second kappa shape index (κ2) is 8.12. The van der Waals surface area contributed by atoms with E-state index in [9.17, 15) is 18.0 Å². The topological polar surface area (TPSA) is 114 Å². The Balaban J connectivity index is 1.63. The maximum atomic E-state index is 14.1. The van der Waals surface area contributed by atoms with Crippen LogP contribution in [0.15, 0.2) is 85.4 Å². The summed E-state index contributed by atoms with van der Waals surface area (Å²) in [5.74, 6) is 0.0893. The smallest absolute Gasteiger partial charge is 0.296 e. The lowest BCUT2D eigenvalue weighted by Crippen LogP contribution is -2.30. The average Bonchev–Trinajstić information content (AvgIpc) is 3.44. The monoisotopic (exact) mass is 515 g/mol. The molecule has 186 valence electrons. The minimum Gasteiger partial charge on any atom is -0.450 e. The van der Waals surface area contributed by atoms with Gasteiger partial charge in [0.1, 0.15) is 11.3 Å². The molecule has 0 aliphatic carbocycles. The van der Waals surface area contributed by atoms with Crippen molar-refractivity contribution in [3.8, 4) is 0 Å². The summed E-state index contributed by atoms with van der Waals surface area (Å²) in [5, 5.41) is 5.97. The number of rotatable bonds is 4. The van der Waals surface area contributed by atoms with Gasteiger partial charge in [-0.15, -0.1) is 0 Å². The molecule has 0 fully saturated rings. The van der Waals surface area contributed by atoms with E-state index in [0.717, 1.165) is 9.69 Å². The molecule has 0 N–H and O–H groups in total. The summed E-state index contributed by atoms with van der Waals surface area (Å²) in [6, 6.07) is 17.8. The summed E-state index contributed by atoms with van der Waals surface area (Å²) in [4.78, 5) is 29.2. The highest BCUT2D eigenvalue weighted by atomic mass is 32.2. The quantitative estimate of drug-likeness (QED) is 0.329. The van der Waals surface area contributed by atoms with E-state index < -0.39 is 22.0 Å². The van der Waals surface area contributed by atoms with Crippen molar-refractivity contribution in [2.45, 2.75) is 17.9 Å². The molecule has 5 aromatic rings. The van der Waals surface area contributed by atoms with Crippen molar-refractivity contribution in [2.75, 3.05) is 19.0 Å². The minimum atomic E-state index is -3.67. The molecule has 3 aromatic carbocycles.